The third kappa shape index (κ3) is 5.77. The normalized spacial score (nSPS) is 10.2. The molecule has 0 saturated carbocycles. The summed E-state index contributed by atoms with van der Waals surface area (Å²) in [6.07, 6.45) is 0.0989. The van der Waals surface area contributed by atoms with Crippen LogP contribution in [0.15, 0.2) is 18.2 Å². The predicted octanol–water partition coefficient (Wildman–Crippen LogP) is 2.44. The van der Waals surface area contributed by atoms with Gasteiger partial charge in [0, 0.05) is 18.1 Å². The molecular formula is C11H13Cl2NO3. The summed E-state index contributed by atoms with van der Waals surface area (Å²) in [6.45, 7) is 1.40. The largest absolute Gasteiger partial charge is 0.491 e. The minimum Gasteiger partial charge on any atom is -0.491 e. The molecular weight excluding hydrogens is 265 g/mol. The highest BCUT2D eigenvalue weighted by Crippen LogP contribution is 2.27. The highest BCUT2D eigenvalue weighted by molar-refractivity contribution is 6.35. The van der Waals surface area contributed by atoms with Gasteiger partial charge in [0.15, 0.2) is 0 Å². The maximum absolute atomic E-state index is 10.2. The summed E-state index contributed by atoms with van der Waals surface area (Å²) in [5.74, 6) is -0.254. The van der Waals surface area contributed by atoms with Crippen LogP contribution in [0.25, 0.3) is 0 Å². The Balaban J connectivity index is 2.20. The Kier molecular flexibility index (Phi) is 6.11. The van der Waals surface area contributed by atoms with Gasteiger partial charge < -0.3 is 15.2 Å². The second-order valence-corrected chi connectivity index (χ2v) is 4.16. The van der Waals surface area contributed by atoms with E-state index in [2.05, 4.69) is 5.32 Å². The van der Waals surface area contributed by atoms with Crippen molar-refractivity contribution < 1.29 is 14.6 Å². The zero-order valence-corrected chi connectivity index (χ0v) is 10.6. The fraction of sp³-hybridized carbons (Fsp3) is 0.364. The van der Waals surface area contributed by atoms with Gasteiger partial charge in [-0.2, -0.15) is 0 Å². The highest BCUT2D eigenvalue weighted by Gasteiger charge is 2.02. The molecule has 1 aromatic rings. The molecule has 0 fully saturated rings. The fourth-order valence-corrected chi connectivity index (χ4v) is 1.61. The van der Waals surface area contributed by atoms with Gasteiger partial charge in [-0.05, 0) is 18.2 Å². The van der Waals surface area contributed by atoms with Crippen molar-refractivity contribution in [3.63, 3.8) is 0 Å². The van der Waals surface area contributed by atoms with Crippen molar-refractivity contribution in [2.45, 2.75) is 6.42 Å². The standard InChI is InChI=1S/C11H13Cl2NO3/c12-8-1-2-10(9(13)7-8)17-6-5-14-4-3-11(15)16/h1-2,7,14H,3-6H2,(H,15,16). The maximum Gasteiger partial charge on any atom is 0.304 e. The first-order valence-electron chi connectivity index (χ1n) is 5.10. The summed E-state index contributed by atoms with van der Waals surface area (Å²) in [5.41, 5.74) is 0. The molecule has 0 saturated heterocycles. The van der Waals surface area contributed by atoms with E-state index < -0.39 is 5.97 Å². The molecule has 94 valence electrons. The highest BCUT2D eigenvalue weighted by atomic mass is 35.5. The van der Waals surface area contributed by atoms with Crippen LogP contribution in [-0.4, -0.2) is 30.8 Å². The SMILES string of the molecule is O=C(O)CCNCCOc1ccc(Cl)cc1Cl. The zero-order valence-electron chi connectivity index (χ0n) is 9.08. The van der Waals surface area contributed by atoms with E-state index in [1.807, 2.05) is 0 Å². The Morgan fingerprint density at radius 3 is 2.76 bits per heavy atom. The van der Waals surface area contributed by atoms with E-state index >= 15 is 0 Å². The number of aliphatic carboxylic acids is 1. The smallest absolute Gasteiger partial charge is 0.304 e. The molecule has 0 aliphatic rings. The van der Waals surface area contributed by atoms with Gasteiger partial charge in [0.2, 0.25) is 0 Å². The Bertz CT molecular complexity index is 385. The lowest BCUT2D eigenvalue weighted by Crippen LogP contribution is -2.23. The van der Waals surface area contributed by atoms with Crippen LogP contribution in [0, 0.1) is 0 Å². The Labute approximate surface area is 109 Å². The number of carboxylic acid groups (broad SMARTS) is 1. The number of benzene rings is 1. The molecule has 0 bridgehead atoms. The van der Waals surface area contributed by atoms with E-state index in [9.17, 15) is 4.79 Å². The van der Waals surface area contributed by atoms with Gasteiger partial charge in [-0.25, -0.2) is 0 Å². The molecule has 4 nitrogen and oxygen atoms in total. The molecule has 0 aromatic heterocycles. The van der Waals surface area contributed by atoms with Crippen LogP contribution < -0.4 is 10.1 Å². The summed E-state index contributed by atoms with van der Waals surface area (Å²) >= 11 is 11.6. The Morgan fingerprint density at radius 1 is 1.35 bits per heavy atom. The zero-order chi connectivity index (χ0) is 12.7. The Hall–Kier alpha value is -0.970. The van der Waals surface area contributed by atoms with Crippen molar-refractivity contribution >= 4 is 29.2 Å². The van der Waals surface area contributed by atoms with Gasteiger partial charge in [0.25, 0.3) is 0 Å². The number of rotatable bonds is 7. The molecule has 1 aromatic carbocycles. The molecule has 0 radical (unpaired) electrons. The molecule has 0 atom stereocenters. The third-order valence-electron chi connectivity index (χ3n) is 1.95. The minimum absolute atomic E-state index is 0.0989. The van der Waals surface area contributed by atoms with Crippen molar-refractivity contribution in [2.24, 2.45) is 0 Å². The van der Waals surface area contributed by atoms with Gasteiger partial charge in [-0.3, -0.25) is 4.79 Å². The summed E-state index contributed by atoms with van der Waals surface area (Å²) in [7, 11) is 0. The summed E-state index contributed by atoms with van der Waals surface area (Å²) in [4.78, 5) is 10.2. The van der Waals surface area contributed by atoms with E-state index in [1.165, 1.54) is 0 Å². The first kappa shape index (κ1) is 14.1. The van der Waals surface area contributed by atoms with Crippen molar-refractivity contribution in [1.29, 1.82) is 0 Å². The van der Waals surface area contributed by atoms with E-state index in [-0.39, 0.29) is 6.42 Å². The van der Waals surface area contributed by atoms with Crippen molar-refractivity contribution in [2.75, 3.05) is 19.7 Å². The lowest BCUT2D eigenvalue weighted by molar-refractivity contribution is -0.136. The average Bonchev–Trinajstić information content (AvgIpc) is 2.25. The monoisotopic (exact) mass is 277 g/mol. The van der Waals surface area contributed by atoms with Crippen LogP contribution in [0.2, 0.25) is 10.0 Å². The quantitative estimate of drug-likeness (QED) is 0.752. The Morgan fingerprint density at radius 2 is 2.12 bits per heavy atom. The molecule has 0 unspecified atom stereocenters. The number of nitrogens with one attached hydrogen (secondary N) is 1. The van der Waals surface area contributed by atoms with E-state index in [0.29, 0.717) is 35.5 Å². The third-order valence-corrected chi connectivity index (χ3v) is 2.48. The molecule has 2 N–H and O–H groups in total. The molecule has 0 heterocycles. The van der Waals surface area contributed by atoms with E-state index in [1.54, 1.807) is 18.2 Å². The summed E-state index contributed by atoms with van der Waals surface area (Å²) in [6, 6.07) is 5.00. The molecule has 17 heavy (non-hydrogen) atoms. The van der Waals surface area contributed by atoms with Crippen LogP contribution in [0.3, 0.4) is 0 Å². The predicted molar refractivity (Wildman–Crippen MR) is 67.1 cm³/mol. The van der Waals surface area contributed by atoms with Crippen LogP contribution >= 0.6 is 23.2 Å². The number of carboxylic acids is 1. The molecule has 0 aliphatic heterocycles. The second kappa shape index (κ2) is 7.37. The second-order valence-electron chi connectivity index (χ2n) is 3.32. The lowest BCUT2D eigenvalue weighted by atomic mass is 10.3. The molecule has 0 aliphatic carbocycles. The summed E-state index contributed by atoms with van der Waals surface area (Å²) in [5, 5.41) is 12.4. The number of hydrogen-bond acceptors (Lipinski definition) is 3. The minimum atomic E-state index is -0.820. The number of ether oxygens (including phenoxy) is 1. The molecule has 1 rings (SSSR count). The number of halogens is 2. The van der Waals surface area contributed by atoms with Crippen LogP contribution in [0.4, 0.5) is 0 Å². The van der Waals surface area contributed by atoms with Gasteiger partial charge in [0.1, 0.15) is 12.4 Å². The van der Waals surface area contributed by atoms with Gasteiger partial charge in [-0.15, -0.1) is 0 Å². The number of hydrogen-bond donors (Lipinski definition) is 2. The van der Waals surface area contributed by atoms with Crippen LogP contribution in [-0.2, 0) is 4.79 Å². The first-order valence-corrected chi connectivity index (χ1v) is 5.85. The topological polar surface area (TPSA) is 58.6 Å². The summed E-state index contributed by atoms with van der Waals surface area (Å²) < 4.78 is 5.40. The number of carbonyl (C=O) groups is 1. The van der Waals surface area contributed by atoms with Gasteiger partial charge >= 0.3 is 5.97 Å². The van der Waals surface area contributed by atoms with Crippen molar-refractivity contribution in [3.8, 4) is 5.75 Å². The average molecular weight is 278 g/mol. The molecule has 0 amide bonds. The van der Waals surface area contributed by atoms with Crippen molar-refractivity contribution in [1.82, 2.24) is 5.32 Å². The lowest BCUT2D eigenvalue weighted by Gasteiger charge is -2.08. The van der Waals surface area contributed by atoms with Crippen LogP contribution in [0.1, 0.15) is 6.42 Å². The molecule has 6 heteroatoms. The van der Waals surface area contributed by atoms with Gasteiger partial charge in [-0.1, -0.05) is 23.2 Å². The molecule has 0 spiro atoms. The maximum atomic E-state index is 10.2. The van der Waals surface area contributed by atoms with Crippen LogP contribution in [0.5, 0.6) is 5.75 Å². The van der Waals surface area contributed by atoms with Crippen molar-refractivity contribution in [3.05, 3.63) is 28.2 Å². The van der Waals surface area contributed by atoms with E-state index in [4.69, 9.17) is 33.0 Å². The van der Waals surface area contributed by atoms with E-state index in [0.717, 1.165) is 0 Å². The fourth-order valence-electron chi connectivity index (χ4n) is 1.15. The first-order chi connectivity index (χ1) is 8.09. The van der Waals surface area contributed by atoms with Gasteiger partial charge in [0.05, 0.1) is 11.4 Å².